The zero-order valence-electron chi connectivity index (χ0n) is 40.5. The van der Waals surface area contributed by atoms with Crippen LogP contribution in [0.5, 0.6) is 0 Å². The maximum Gasteiger partial charge on any atom is 0.241 e. The summed E-state index contributed by atoms with van der Waals surface area (Å²) in [4.78, 5) is 9.74. The van der Waals surface area contributed by atoms with E-state index < -0.39 is 0 Å². The Hall–Kier alpha value is -7.50. The molecule has 0 spiro atoms. The van der Waals surface area contributed by atoms with Crippen LogP contribution in [0.1, 0.15) is 61.8 Å². The van der Waals surface area contributed by atoms with Crippen LogP contribution >= 0.6 is 0 Å². The topological polar surface area (TPSA) is 47.7 Å². The Morgan fingerprint density at radius 2 is 1.16 bits per heavy atom. The molecule has 70 heavy (non-hydrogen) atoms. The molecule has 0 bridgehead atoms. The first-order valence-electron chi connectivity index (χ1n) is 23.7. The number of aryl methyl sites for hydroxylation is 3. The second-order valence-corrected chi connectivity index (χ2v) is 18.4. The van der Waals surface area contributed by atoms with Crippen molar-refractivity contribution in [2.45, 2.75) is 53.4 Å². The average Bonchev–Trinajstić information content (AvgIpc) is 4.00. The van der Waals surface area contributed by atoms with Crippen molar-refractivity contribution in [3.63, 3.8) is 0 Å². The van der Waals surface area contributed by atoms with Crippen molar-refractivity contribution < 1.29 is 29.1 Å². The summed E-state index contributed by atoms with van der Waals surface area (Å²) >= 11 is 0. The Morgan fingerprint density at radius 3 is 1.70 bits per heavy atom. The molecule has 0 unspecified atom stereocenters. The molecule has 4 aromatic heterocycles. The van der Waals surface area contributed by atoms with Gasteiger partial charge in [-0.2, -0.15) is 0 Å². The van der Waals surface area contributed by atoms with Gasteiger partial charge in [0.1, 0.15) is 5.58 Å². The molecule has 0 aliphatic carbocycles. The fourth-order valence-electron chi connectivity index (χ4n) is 9.00. The quantitative estimate of drug-likeness (QED) is 0.107. The molecule has 0 N–H and O–H groups in total. The van der Waals surface area contributed by atoms with Crippen molar-refractivity contribution in [1.82, 2.24) is 14.5 Å². The van der Waals surface area contributed by atoms with Crippen molar-refractivity contribution in [2.24, 2.45) is 7.05 Å². The van der Waals surface area contributed by atoms with E-state index in [0.29, 0.717) is 11.8 Å². The van der Waals surface area contributed by atoms with E-state index in [4.69, 9.17) is 9.40 Å². The Morgan fingerprint density at radius 1 is 0.557 bits per heavy atom. The van der Waals surface area contributed by atoms with Gasteiger partial charge in [0, 0.05) is 49.8 Å². The van der Waals surface area contributed by atoms with E-state index in [1.807, 2.05) is 77.2 Å². The van der Waals surface area contributed by atoms with Crippen molar-refractivity contribution in [2.75, 3.05) is 0 Å². The van der Waals surface area contributed by atoms with Crippen LogP contribution in [0, 0.1) is 38.4 Å². The molecule has 0 aliphatic heterocycles. The SMILES string of the molecule is CC(C)c1cc(-c2ccccc2)cc(C(C)C)c1-c1cc(-c2[c-]cccc2)nc(-c2[c-]cccc2)c1.Cc1cnc(-c2[c-]c(-n3[c-][n+](C)cc3)c3oc4cc(-c5ccccc5)ccc4c3c2)cc1C.[Ir]. The first-order chi connectivity index (χ1) is 33.6. The van der Waals surface area contributed by atoms with Gasteiger partial charge >= 0.3 is 0 Å². The third-order valence-electron chi connectivity index (χ3n) is 12.8. The smallest absolute Gasteiger partial charge is 0.241 e. The van der Waals surface area contributed by atoms with Crippen molar-refractivity contribution in [1.29, 1.82) is 0 Å². The van der Waals surface area contributed by atoms with Gasteiger partial charge in [0.25, 0.3) is 0 Å². The van der Waals surface area contributed by atoms with Crippen LogP contribution in [0.15, 0.2) is 187 Å². The summed E-state index contributed by atoms with van der Waals surface area (Å²) in [6.45, 7) is 13.3. The number of benzene rings is 7. The standard InChI is InChI=1S/C35H31N.C29H22N3O.Ir/c1-24(2)31-20-29(26-14-8-5-9-15-26)21-32(25(3)4)35(31)30-22-33(27-16-10-6-11-17-27)36-34(23-30)28-18-12-7-13-19-28;1-19-13-26(30-17-20(19)2)23-14-25-24-10-9-22(21-7-5-4-6-8-21)16-28(24)33-29(25)27(15-23)32-12-11-31(3)18-32;/h5-16,18,20-25H,1-4H3;4-14,16-17H,1-3H3;/q-2;-1;. The molecule has 1 radical (unpaired) electrons. The molecule has 0 amide bonds. The maximum absolute atomic E-state index is 6.44. The third kappa shape index (κ3) is 9.84. The predicted molar refractivity (Wildman–Crippen MR) is 282 cm³/mol. The summed E-state index contributed by atoms with van der Waals surface area (Å²) in [6, 6.07) is 67.4. The molecule has 7 aromatic carbocycles. The molecule has 0 saturated heterocycles. The number of hydrogen-bond donors (Lipinski definition) is 0. The van der Waals surface area contributed by atoms with Crippen LogP contribution < -0.4 is 4.57 Å². The van der Waals surface area contributed by atoms with Gasteiger partial charge in [-0.05, 0) is 98.9 Å². The van der Waals surface area contributed by atoms with E-state index in [0.717, 1.165) is 72.5 Å². The summed E-state index contributed by atoms with van der Waals surface area (Å²) in [7, 11) is 1.95. The molecule has 0 saturated carbocycles. The van der Waals surface area contributed by atoms with E-state index in [1.54, 1.807) is 0 Å². The number of rotatable bonds is 9. The second kappa shape index (κ2) is 20.6. The van der Waals surface area contributed by atoms with Gasteiger partial charge in [-0.1, -0.05) is 142 Å². The zero-order valence-corrected chi connectivity index (χ0v) is 42.9. The van der Waals surface area contributed by atoms with E-state index >= 15 is 0 Å². The number of pyridine rings is 2. The Balaban J connectivity index is 0.000000172. The summed E-state index contributed by atoms with van der Waals surface area (Å²) in [5, 5.41) is 2.11. The van der Waals surface area contributed by atoms with Crippen molar-refractivity contribution in [3.8, 4) is 72.8 Å². The molecule has 11 aromatic rings. The van der Waals surface area contributed by atoms with E-state index in [1.165, 1.54) is 44.5 Å². The van der Waals surface area contributed by atoms with E-state index in [2.05, 4.69) is 192 Å². The Labute approximate surface area is 425 Å². The van der Waals surface area contributed by atoms with Crippen LogP contribution in [-0.4, -0.2) is 14.5 Å². The van der Waals surface area contributed by atoms with Crippen molar-refractivity contribution >= 4 is 21.9 Å². The number of furan rings is 1. The van der Waals surface area contributed by atoms with Crippen molar-refractivity contribution in [3.05, 3.63) is 229 Å². The van der Waals surface area contributed by atoms with Gasteiger partial charge in [-0.3, -0.25) is 0 Å². The minimum Gasteiger partial charge on any atom is -0.506 e. The first kappa shape index (κ1) is 47.6. The molecule has 6 heteroatoms. The molecule has 0 fully saturated rings. The molecule has 5 nitrogen and oxygen atoms in total. The number of nitrogens with zero attached hydrogens (tertiary/aromatic N) is 4. The van der Waals surface area contributed by atoms with Crippen LogP contribution in [0.25, 0.3) is 94.8 Å². The minimum atomic E-state index is 0. The fourth-order valence-corrected chi connectivity index (χ4v) is 9.00. The average molecular weight is 1090 g/mol. The van der Waals surface area contributed by atoms with Gasteiger partial charge in [0.05, 0.1) is 12.6 Å². The number of aromatic nitrogens is 4. The summed E-state index contributed by atoms with van der Waals surface area (Å²) in [6.07, 6.45) is 9.13. The van der Waals surface area contributed by atoms with Gasteiger partial charge in [-0.15, -0.1) is 89.5 Å². The summed E-state index contributed by atoms with van der Waals surface area (Å²) in [5.41, 5.74) is 20.6. The van der Waals surface area contributed by atoms with Crippen LogP contribution in [0.3, 0.4) is 0 Å². The normalized spacial score (nSPS) is 11.2. The van der Waals surface area contributed by atoms with Crippen LogP contribution in [-0.2, 0) is 27.2 Å². The third-order valence-corrected chi connectivity index (χ3v) is 12.8. The Kier molecular flexibility index (Phi) is 14.0. The molecule has 4 heterocycles. The molecule has 347 valence electrons. The molecule has 11 rings (SSSR count). The van der Waals surface area contributed by atoms with E-state index in [9.17, 15) is 0 Å². The minimum absolute atomic E-state index is 0. The van der Waals surface area contributed by atoms with Gasteiger partial charge in [0.15, 0.2) is 0 Å². The molecule has 0 atom stereocenters. The number of fused-ring (bicyclic) bond motifs is 3. The molecular formula is C64H53IrN4O-3. The van der Waals surface area contributed by atoms with Gasteiger partial charge in [-0.25, -0.2) is 0 Å². The van der Waals surface area contributed by atoms with Gasteiger partial charge < -0.3 is 23.5 Å². The molecule has 0 aliphatic rings. The number of imidazole rings is 1. The first-order valence-corrected chi connectivity index (χ1v) is 23.7. The summed E-state index contributed by atoms with van der Waals surface area (Å²) in [5.74, 6) is 0.737. The predicted octanol–water partition coefficient (Wildman–Crippen LogP) is 15.7. The second-order valence-electron chi connectivity index (χ2n) is 18.4. The summed E-state index contributed by atoms with van der Waals surface area (Å²) < 4.78 is 10.3. The van der Waals surface area contributed by atoms with Crippen LogP contribution in [0.2, 0.25) is 0 Å². The Bertz CT molecular complexity index is 3490. The fraction of sp³-hybridized carbons (Fsp3) is 0.141. The zero-order chi connectivity index (χ0) is 47.6. The van der Waals surface area contributed by atoms with E-state index in [-0.39, 0.29) is 20.1 Å². The van der Waals surface area contributed by atoms with Crippen LogP contribution in [0.4, 0.5) is 0 Å². The largest absolute Gasteiger partial charge is 0.506 e. The monoisotopic (exact) mass is 1090 g/mol. The molecular weight excluding hydrogens is 1030 g/mol. The maximum atomic E-state index is 6.44. The number of hydrogen-bond acceptors (Lipinski definition) is 3. The van der Waals surface area contributed by atoms with Gasteiger partial charge in [0.2, 0.25) is 6.33 Å².